The maximum atomic E-state index is 12.1. The van der Waals surface area contributed by atoms with Crippen LogP contribution >= 0.6 is 11.8 Å². The van der Waals surface area contributed by atoms with Crippen molar-refractivity contribution >= 4 is 39.5 Å². The Bertz CT molecular complexity index is 1020. The summed E-state index contributed by atoms with van der Waals surface area (Å²) >= 11 is 1.56. The lowest BCUT2D eigenvalue weighted by atomic mass is 10.1. The van der Waals surface area contributed by atoms with Gasteiger partial charge in [0.25, 0.3) is 0 Å². The lowest BCUT2D eigenvalue weighted by Gasteiger charge is -2.05. The average molecular weight is 361 g/mol. The minimum Gasteiger partial charge on any atom is -0.355 e. The molecule has 4 nitrogen and oxygen atoms in total. The standard InChI is InChI=1S/C21H19N3OS/c25-21(14-26-17-10-9-15-5-1-2-6-16(15)13-17)22-12-11-20-23-18-7-3-4-8-19(18)24-20/h1-10,13H,11-12,14H2,(H,22,25)(H,23,24). The van der Waals surface area contributed by atoms with Crippen LogP contribution in [0.3, 0.4) is 0 Å². The Morgan fingerprint density at radius 2 is 1.81 bits per heavy atom. The van der Waals surface area contributed by atoms with E-state index in [1.54, 1.807) is 11.8 Å². The number of para-hydroxylation sites is 2. The molecule has 4 rings (SSSR count). The predicted molar refractivity (Wildman–Crippen MR) is 107 cm³/mol. The van der Waals surface area contributed by atoms with Crippen LogP contribution in [-0.2, 0) is 11.2 Å². The normalized spacial score (nSPS) is 11.1. The average Bonchev–Trinajstić information content (AvgIpc) is 3.09. The lowest BCUT2D eigenvalue weighted by molar-refractivity contribution is -0.118. The van der Waals surface area contributed by atoms with E-state index in [0.29, 0.717) is 18.7 Å². The number of rotatable bonds is 6. The topological polar surface area (TPSA) is 57.8 Å². The number of carbonyl (C=O) groups excluding carboxylic acids is 1. The van der Waals surface area contributed by atoms with Crippen LogP contribution in [0.1, 0.15) is 5.82 Å². The zero-order chi connectivity index (χ0) is 17.8. The van der Waals surface area contributed by atoms with E-state index in [-0.39, 0.29) is 5.91 Å². The number of nitrogens with zero attached hydrogens (tertiary/aromatic N) is 1. The smallest absolute Gasteiger partial charge is 0.230 e. The Morgan fingerprint density at radius 1 is 1.00 bits per heavy atom. The molecule has 1 aromatic heterocycles. The monoisotopic (exact) mass is 361 g/mol. The maximum absolute atomic E-state index is 12.1. The van der Waals surface area contributed by atoms with Gasteiger partial charge in [-0.1, -0.05) is 42.5 Å². The van der Waals surface area contributed by atoms with E-state index in [0.717, 1.165) is 21.8 Å². The molecule has 0 saturated carbocycles. The number of fused-ring (bicyclic) bond motifs is 2. The fourth-order valence-electron chi connectivity index (χ4n) is 2.90. The number of amides is 1. The van der Waals surface area contributed by atoms with E-state index < -0.39 is 0 Å². The third kappa shape index (κ3) is 3.89. The number of hydrogen-bond donors (Lipinski definition) is 2. The minimum atomic E-state index is 0.0410. The van der Waals surface area contributed by atoms with Gasteiger partial charge in [0, 0.05) is 17.9 Å². The van der Waals surface area contributed by atoms with Crippen LogP contribution in [0.2, 0.25) is 0 Å². The molecule has 0 atom stereocenters. The highest BCUT2D eigenvalue weighted by molar-refractivity contribution is 8.00. The summed E-state index contributed by atoms with van der Waals surface area (Å²) in [6.07, 6.45) is 0.695. The van der Waals surface area contributed by atoms with Gasteiger partial charge in [-0.05, 0) is 35.0 Å². The molecule has 1 amide bonds. The van der Waals surface area contributed by atoms with Gasteiger partial charge in [0.15, 0.2) is 0 Å². The molecular weight excluding hydrogens is 342 g/mol. The van der Waals surface area contributed by atoms with E-state index in [1.165, 1.54) is 10.8 Å². The third-order valence-electron chi connectivity index (χ3n) is 4.21. The van der Waals surface area contributed by atoms with Crippen molar-refractivity contribution in [2.45, 2.75) is 11.3 Å². The fourth-order valence-corrected chi connectivity index (χ4v) is 3.68. The first kappa shape index (κ1) is 16.7. The molecule has 0 bridgehead atoms. The number of imidazole rings is 1. The van der Waals surface area contributed by atoms with E-state index in [2.05, 4.69) is 45.6 Å². The molecule has 0 radical (unpaired) electrons. The highest BCUT2D eigenvalue weighted by Gasteiger charge is 2.05. The number of aromatic amines is 1. The lowest BCUT2D eigenvalue weighted by Crippen LogP contribution is -2.27. The molecule has 0 aliphatic carbocycles. The summed E-state index contributed by atoms with van der Waals surface area (Å²) in [5.41, 5.74) is 1.99. The van der Waals surface area contributed by atoms with Crippen molar-refractivity contribution in [2.24, 2.45) is 0 Å². The first-order valence-electron chi connectivity index (χ1n) is 8.60. The van der Waals surface area contributed by atoms with Crippen LogP contribution in [0.25, 0.3) is 21.8 Å². The third-order valence-corrected chi connectivity index (χ3v) is 5.21. The molecule has 3 aromatic carbocycles. The highest BCUT2D eigenvalue weighted by Crippen LogP contribution is 2.23. The fraction of sp³-hybridized carbons (Fsp3) is 0.143. The van der Waals surface area contributed by atoms with Crippen LogP contribution in [0.15, 0.2) is 71.6 Å². The highest BCUT2D eigenvalue weighted by atomic mass is 32.2. The van der Waals surface area contributed by atoms with Crippen LogP contribution < -0.4 is 5.32 Å². The van der Waals surface area contributed by atoms with Gasteiger partial charge < -0.3 is 10.3 Å². The Labute approximate surface area is 156 Å². The molecule has 0 saturated heterocycles. The Balaban J connectivity index is 1.27. The van der Waals surface area contributed by atoms with Gasteiger partial charge in [-0.3, -0.25) is 4.79 Å². The molecule has 0 unspecified atom stereocenters. The molecule has 5 heteroatoms. The Kier molecular flexibility index (Phi) is 4.88. The molecule has 0 aliphatic rings. The number of carbonyl (C=O) groups is 1. The summed E-state index contributed by atoms with van der Waals surface area (Å²) in [4.78, 5) is 21.0. The van der Waals surface area contributed by atoms with Crippen LogP contribution in [0.5, 0.6) is 0 Å². The van der Waals surface area contributed by atoms with Crippen LogP contribution in [0, 0.1) is 0 Å². The molecule has 2 N–H and O–H groups in total. The van der Waals surface area contributed by atoms with Crippen molar-refractivity contribution in [3.8, 4) is 0 Å². The molecular formula is C21H19N3OS. The zero-order valence-corrected chi connectivity index (χ0v) is 15.1. The van der Waals surface area contributed by atoms with Gasteiger partial charge in [-0.2, -0.15) is 0 Å². The second-order valence-corrected chi connectivity index (χ2v) is 7.15. The van der Waals surface area contributed by atoms with Crippen molar-refractivity contribution in [2.75, 3.05) is 12.3 Å². The van der Waals surface area contributed by atoms with Crippen molar-refractivity contribution in [1.82, 2.24) is 15.3 Å². The van der Waals surface area contributed by atoms with E-state index in [9.17, 15) is 4.79 Å². The van der Waals surface area contributed by atoms with Crippen molar-refractivity contribution in [3.05, 3.63) is 72.6 Å². The van der Waals surface area contributed by atoms with E-state index in [1.807, 2.05) is 36.4 Å². The Hall–Kier alpha value is -2.79. The van der Waals surface area contributed by atoms with Gasteiger partial charge >= 0.3 is 0 Å². The molecule has 130 valence electrons. The van der Waals surface area contributed by atoms with E-state index in [4.69, 9.17) is 0 Å². The molecule has 26 heavy (non-hydrogen) atoms. The van der Waals surface area contributed by atoms with Gasteiger partial charge in [0.2, 0.25) is 5.91 Å². The van der Waals surface area contributed by atoms with Gasteiger partial charge in [0.05, 0.1) is 16.8 Å². The largest absolute Gasteiger partial charge is 0.355 e. The number of aromatic nitrogens is 2. The minimum absolute atomic E-state index is 0.0410. The summed E-state index contributed by atoms with van der Waals surface area (Å²) < 4.78 is 0. The van der Waals surface area contributed by atoms with Crippen molar-refractivity contribution in [1.29, 1.82) is 0 Å². The number of H-pyrrole nitrogens is 1. The molecule has 1 heterocycles. The van der Waals surface area contributed by atoms with Crippen LogP contribution in [-0.4, -0.2) is 28.2 Å². The molecule has 0 fully saturated rings. The van der Waals surface area contributed by atoms with Gasteiger partial charge in [0.1, 0.15) is 5.82 Å². The quantitative estimate of drug-likeness (QED) is 0.507. The predicted octanol–water partition coefficient (Wildman–Crippen LogP) is 4.17. The van der Waals surface area contributed by atoms with Crippen molar-refractivity contribution < 1.29 is 4.79 Å². The maximum Gasteiger partial charge on any atom is 0.230 e. The summed E-state index contributed by atoms with van der Waals surface area (Å²) in [6, 6.07) is 22.5. The van der Waals surface area contributed by atoms with E-state index >= 15 is 0 Å². The summed E-state index contributed by atoms with van der Waals surface area (Å²) in [6.45, 7) is 0.580. The van der Waals surface area contributed by atoms with Gasteiger partial charge in [-0.25, -0.2) is 4.98 Å². The SMILES string of the molecule is O=C(CSc1ccc2ccccc2c1)NCCc1nc2ccccc2[nH]1. The second-order valence-electron chi connectivity index (χ2n) is 6.10. The summed E-state index contributed by atoms with van der Waals surface area (Å²) in [5.74, 6) is 1.35. The summed E-state index contributed by atoms with van der Waals surface area (Å²) in [7, 11) is 0. The summed E-state index contributed by atoms with van der Waals surface area (Å²) in [5, 5.41) is 5.38. The number of thioether (sulfide) groups is 1. The first-order chi connectivity index (χ1) is 12.8. The number of benzene rings is 3. The number of hydrogen-bond acceptors (Lipinski definition) is 3. The zero-order valence-electron chi connectivity index (χ0n) is 14.2. The number of nitrogens with one attached hydrogen (secondary N) is 2. The Morgan fingerprint density at radius 3 is 2.69 bits per heavy atom. The second kappa shape index (κ2) is 7.62. The molecule has 0 spiro atoms. The first-order valence-corrected chi connectivity index (χ1v) is 9.58. The van der Waals surface area contributed by atoms with Gasteiger partial charge in [-0.15, -0.1) is 11.8 Å². The molecule has 4 aromatic rings. The van der Waals surface area contributed by atoms with Crippen LogP contribution in [0.4, 0.5) is 0 Å². The van der Waals surface area contributed by atoms with Crippen molar-refractivity contribution in [3.63, 3.8) is 0 Å². The molecule has 0 aliphatic heterocycles.